The summed E-state index contributed by atoms with van der Waals surface area (Å²) in [7, 11) is -3.74. The third kappa shape index (κ3) is 4.26. The van der Waals surface area contributed by atoms with Crippen molar-refractivity contribution in [3.63, 3.8) is 0 Å². The standard InChI is InChI=1S/C19H21ClN2O3S/c20-16-9-11-17(12-10-16)26(24,25)22-13-5-4-8-18(22)19(23)21-14-15-6-2-1-3-7-15/h1-3,6-7,9-12,18H,4-5,8,13-14H2,(H,21,23). The highest BCUT2D eigenvalue weighted by Crippen LogP contribution is 2.26. The van der Waals surface area contributed by atoms with Crippen molar-refractivity contribution in [1.82, 2.24) is 9.62 Å². The molecule has 1 fully saturated rings. The molecule has 1 heterocycles. The molecule has 0 aromatic heterocycles. The van der Waals surface area contributed by atoms with E-state index in [1.54, 1.807) is 12.1 Å². The maximum absolute atomic E-state index is 13.0. The third-order valence-electron chi connectivity index (χ3n) is 4.49. The van der Waals surface area contributed by atoms with Crippen LogP contribution < -0.4 is 5.32 Å². The first-order valence-electron chi connectivity index (χ1n) is 8.57. The zero-order valence-corrected chi connectivity index (χ0v) is 15.8. The number of rotatable bonds is 5. The van der Waals surface area contributed by atoms with Gasteiger partial charge in [0.25, 0.3) is 0 Å². The Kier molecular flexibility index (Phi) is 5.96. The first-order valence-corrected chi connectivity index (χ1v) is 10.4. The Morgan fingerprint density at radius 3 is 2.46 bits per heavy atom. The second kappa shape index (κ2) is 8.20. The monoisotopic (exact) mass is 392 g/mol. The third-order valence-corrected chi connectivity index (χ3v) is 6.66. The molecule has 1 atom stereocenters. The van der Waals surface area contributed by atoms with Crippen molar-refractivity contribution in [1.29, 1.82) is 0 Å². The Labute approximate surface area is 159 Å². The number of nitrogens with one attached hydrogen (secondary N) is 1. The number of amides is 1. The molecule has 0 bridgehead atoms. The van der Waals surface area contributed by atoms with Crippen molar-refractivity contribution in [3.8, 4) is 0 Å². The minimum atomic E-state index is -3.74. The molecule has 1 amide bonds. The average Bonchev–Trinajstić information content (AvgIpc) is 2.67. The molecular weight excluding hydrogens is 372 g/mol. The highest BCUT2D eigenvalue weighted by atomic mass is 35.5. The average molecular weight is 393 g/mol. The molecule has 1 saturated heterocycles. The van der Waals surface area contributed by atoms with Gasteiger partial charge >= 0.3 is 0 Å². The summed E-state index contributed by atoms with van der Waals surface area (Å²) in [5.41, 5.74) is 0.976. The minimum absolute atomic E-state index is 0.157. The lowest BCUT2D eigenvalue weighted by Gasteiger charge is -2.33. The highest BCUT2D eigenvalue weighted by Gasteiger charge is 2.37. The minimum Gasteiger partial charge on any atom is -0.351 e. The molecule has 0 saturated carbocycles. The summed E-state index contributed by atoms with van der Waals surface area (Å²) < 4.78 is 27.3. The predicted octanol–water partition coefficient (Wildman–Crippen LogP) is 3.20. The first-order chi connectivity index (χ1) is 12.5. The van der Waals surface area contributed by atoms with Crippen molar-refractivity contribution in [3.05, 3.63) is 65.2 Å². The highest BCUT2D eigenvalue weighted by molar-refractivity contribution is 7.89. The van der Waals surface area contributed by atoms with Gasteiger partial charge in [0.15, 0.2) is 0 Å². The topological polar surface area (TPSA) is 66.5 Å². The van der Waals surface area contributed by atoms with Gasteiger partial charge in [0, 0.05) is 18.1 Å². The van der Waals surface area contributed by atoms with Crippen LogP contribution in [-0.2, 0) is 21.4 Å². The fourth-order valence-corrected chi connectivity index (χ4v) is 4.88. The van der Waals surface area contributed by atoms with E-state index in [9.17, 15) is 13.2 Å². The smallest absolute Gasteiger partial charge is 0.243 e. The molecule has 1 aliphatic heterocycles. The number of benzene rings is 2. The number of halogens is 1. The van der Waals surface area contributed by atoms with Crippen LogP contribution in [0.15, 0.2) is 59.5 Å². The summed E-state index contributed by atoms with van der Waals surface area (Å²) in [6.45, 7) is 0.722. The molecule has 2 aromatic rings. The number of sulfonamides is 1. The molecule has 0 spiro atoms. The maximum Gasteiger partial charge on any atom is 0.243 e. The van der Waals surface area contributed by atoms with E-state index >= 15 is 0 Å². The van der Waals surface area contributed by atoms with Gasteiger partial charge in [-0.25, -0.2) is 8.42 Å². The van der Waals surface area contributed by atoms with Gasteiger partial charge in [-0.1, -0.05) is 48.4 Å². The van der Waals surface area contributed by atoms with Crippen molar-refractivity contribution in [2.24, 2.45) is 0 Å². The quantitative estimate of drug-likeness (QED) is 0.849. The van der Waals surface area contributed by atoms with Gasteiger partial charge in [0.05, 0.1) is 4.90 Å². The van der Waals surface area contributed by atoms with Crippen LogP contribution in [0.4, 0.5) is 0 Å². The summed E-state index contributed by atoms with van der Waals surface area (Å²) in [6.07, 6.45) is 2.10. The number of hydrogen-bond acceptors (Lipinski definition) is 3. The molecule has 1 unspecified atom stereocenters. The molecule has 0 radical (unpaired) electrons. The predicted molar refractivity (Wildman–Crippen MR) is 101 cm³/mol. The number of piperidine rings is 1. The molecule has 0 aliphatic carbocycles. The zero-order valence-electron chi connectivity index (χ0n) is 14.3. The van der Waals surface area contributed by atoms with Crippen LogP contribution in [0.5, 0.6) is 0 Å². The van der Waals surface area contributed by atoms with Crippen LogP contribution in [0.3, 0.4) is 0 Å². The largest absolute Gasteiger partial charge is 0.351 e. The van der Waals surface area contributed by atoms with Crippen LogP contribution >= 0.6 is 11.6 Å². The van der Waals surface area contributed by atoms with Gasteiger partial charge < -0.3 is 5.32 Å². The summed E-state index contributed by atoms with van der Waals surface area (Å²) in [5.74, 6) is -0.258. The lowest BCUT2D eigenvalue weighted by molar-refractivity contribution is -0.125. The second-order valence-electron chi connectivity index (χ2n) is 6.28. The molecule has 5 nitrogen and oxygen atoms in total. The zero-order chi connectivity index (χ0) is 18.6. The van der Waals surface area contributed by atoms with Crippen LogP contribution in [0.25, 0.3) is 0 Å². The van der Waals surface area contributed by atoms with Gasteiger partial charge in [0.2, 0.25) is 15.9 Å². The molecular formula is C19H21ClN2O3S. The van der Waals surface area contributed by atoms with Gasteiger partial charge in [-0.05, 0) is 42.7 Å². The molecule has 1 N–H and O–H groups in total. The van der Waals surface area contributed by atoms with E-state index in [2.05, 4.69) is 5.32 Å². The number of carbonyl (C=O) groups is 1. The number of hydrogen-bond donors (Lipinski definition) is 1. The van der Waals surface area contributed by atoms with Crippen LogP contribution in [0.2, 0.25) is 5.02 Å². The van der Waals surface area contributed by atoms with E-state index in [-0.39, 0.29) is 10.8 Å². The molecule has 1 aliphatic rings. The van der Waals surface area contributed by atoms with Crippen molar-refractivity contribution >= 4 is 27.5 Å². The van der Waals surface area contributed by atoms with Crippen molar-refractivity contribution in [2.45, 2.75) is 36.7 Å². The Balaban J connectivity index is 1.76. The van der Waals surface area contributed by atoms with Crippen LogP contribution in [-0.4, -0.2) is 31.2 Å². The van der Waals surface area contributed by atoms with Crippen LogP contribution in [0.1, 0.15) is 24.8 Å². The SMILES string of the molecule is O=C(NCc1ccccc1)C1CCCCN1S(=O)(=O)c1ccc(Cl)cc1. The van der Waals surface area contributed by atoms with E-state index in [0.29, 0.717) is 24.5 Å². The Bertz CT molecular complexity index is 854. The van der Waals surface area contributed by atoms with E-state index in [1.807, 2.05) is 30.3 Å². The molecule has 2 aromatic carbocycles. The molecule has 3 rings (SSSR count). The van der Waals surface area contributed by atoms with Crippen LogP contribution in [0, 0.1) is 0 Å². The van der Waals surface area contributed by atoms with Gasteiger partial charge in [-0.3, -0.25) is 4.79 Å². The van der Waals surface area contributed by atoms with Gasteiger partial charge in [-0.15, -0.1) is 0 Å². The number of carbonyl (C=O) groups excluding carboxylic acids is 1. The normalized spacial score (nSPS) is 18.4. The lowest BCUT2D eigenvalue weighted by Crippen LogP contribution is -2.51. The fraction of sp³-hybridized carbons (Fsp3) is 0.316. The van der Waals surface area contributed by atoms with E-state index in [0.717, 1.165) is 18.4 Å². The van der Waals surface area contributed by atoms with E-state index < -0.39 is 16.1 Å². The number of nitrogens with zero attached hydrogens (tertiary/aromatic N) is 1. The molecule has 7 heteroatoms. The Morgan fingerprint density at radius 1 is 1.08 bits per heavy atom. The van der Waals surface area contributed by atoms with Gasteiger partial charge in [0.1, 0.15) is 6.04 Å². The summed E-state index contributed by atoms with van der Waals surface area (Å²) in [6, 6.07) is 14.9. The Hall–Kier alpha value is -1.89. The van der Waals surface area contributed by atoms with Crippen molar-refractivity contribution in [2.75, 3.05) is 6.54 Å². The van der Waals surface area contributed by atoms with E-state index in [1.165, 1.54) is 16.4 Å². The summed E-state index contributed by atoms with van der Waals surface area (Å²) in [4.78, 5) is 12.8. The maximum atomic E-state index is 13.0. The molecule has 26 heavy (non-hydrogen) atoms. The van der Waals surface area contributed by atoms with E-state index in [4.69, 9.17) is 11.6 Å². The summed E-state index contributed by atoms with van der Waals surface area (Å²) >= 11 is 5.85. The fourth-order valence-electron chi connectivity index (χ4n) is 3.10. The van der Waals surface area contributed by atoms with Crippen molar-refractivity contribution < 1.29 is 13.2 Å². The summed E-state index contributed by atoms with van der Waals surface area (Å²) in [5, 5.41) is 3.34. The lowest BCUT2D eigenvalue weighted by atomic mass is 10.0. The second-order valence-corrected chi connectivity index (χ2v) is 8.61. The van der Waals surface area contributed by atoms with Gasteiger partial charge in [-0.2, -0.15) is 4.31 Å². The molecule has 138 valence electrons. The first kappa shape index (κ1) is 18.9. The Morgan fingerprint density at radius 2 is 1.77 bits per heavy atom.